The predicted octanol–water partition coefficient (Wildman–Crippen LogP) is 0.218. The van der Waals surface area contributed by atoms with Crippen LogP contribution in [-0.2, 0) is 11.3 Å². The highest BCUT2D eigenvalue weighted by atomic mass is 16.2. The van der Waals surface area contributed by atoms with Crippen LogP contribution in [0.3, 0.4) is 0 Å². The van der Waals surface area contributed by atoms with E-state index in [-0.39, 0.29) is 24.3 Å². The number of nitrogens with zero attached hydrogens (tertiary/aromatic N) is 6. The lowest BCUT2D eigenvalue weighted by atomic mass is 9.98. The topological polar surface area (TPSA) is 122 Å². The molecule has 3 heterocycles. The van der Waals surface area contributed by atoms with Crippen molar-refractivity contribution in [2.75, 3.05) is 19.6 Å². The van der Waals surface area contributed by atoms with Gasteiger partial charge >= 0.3 is 0 Å². The second-order valence-electron chi connectivity index (χ2n) is 6.68. The van der Waals surface area contributed by atoms with Gasteiger partial charge in [-0.3, -0.25) is 14.7 Å². The molecule has 10 nitrogen and oxygen atoms in total. The van der Waals surface area contributed by atoms with E-state index in [4.69, 9.17) is 0 Å². The molecular formula is C17H20N8O2. The van der Waals surface area contributed by atoms with Crippen molar-refractivity contribution in [2.24, 2.45) is 5.92 Å². The van der Waals surface area contributed by atoms with Gasteiger partial charge in [0.15, 0.2) is 5.69 Å². The van der Waals surface area contributed by atoms with Gasteiger partial charge in [0.2, 0.25) is 5.91 Å². The van der Waals surface area contributed by atoms with Crippen molar-refractivity contribution >= 4 is 22.7 Å². The van der Waals surface area contributed by atoms with Crippen molar-refractivity contribution in [3.63, 3.8) is 0 Å². The van der Waals surface area contributed by atoms with Gasteiger partial charge in [0.25, 0.3) is 5.91 Å². The van der Waals surface area contributed by atoms with Gasteiger partial charge in [-0.2, -0.15) is 5.10 Å². The number of piperidine rings is 1. The SMILES string of the molecule is O=C(NCC1CCCN(C(=O)Cn2cnnn2)C1)c1n[nH]c2ccccc12. The van der Waals surface area contributed by atoms with Crippen LogP contribution in [0.25, 0.3) is 10.9 Å². The minimum absolute atomic E-state index is 0.0170. The summed E-state index contributed by atoms with van der Waals surface area (Å²) >= 11 is 0. The van der Waals surface area contributed by atoms with Gasteiger partial charge in [-0.1, -0.05) is 18.2 Å². The number of H-pyrrole nitrogens is 1. The van der Waals surface area contributed by atoms with E-state index in [2.05, 4.69) is 31.0 Å². The van der Waals surface area contributed by atoms with Crippen molar-refractivity contribution < 1.29 is 9.59 Å². The smallest absolute Gasteiger partial charge is 0.272 e. The summed E-state index contributed by atoms with van der Waals surface area (Å²) in [6.07, 6.45) is 3.30. The zero-order valence-electron chi connectivity index (χ0n) is 14.7. The van der Waals surface area contributed by atoms with Crippen LogP contribution in [0.5, 0.6) is 0 Å². The molecule has 1 unspecified atom stereocenters. The Morgan fingerprint density at radius 3 is 3.04 bits per heavy atom. The molecule has 0 radical (unpaired) electrons. The van der Waals surface area contributed by atoms with E-state index in [9.17, 15) is 9.59 Å². The summed E-state index contributed by atoms with van der Waals surface area (Å²) in [5.74, 6) is -0.00746. The summed E-state index contributed by atoms with van der Waals surface area (Å²) in [6.45, 7) is 1.97. The molecule has 4 rings (SSSR count). The van der Waals surface area contributed by atoms with Crippen LogP contribution in [0.1, 0.15) is 23.3 Å². The zero-order chi connectivity index (χ0) is 18.6. The molecule has 0 aliphatic carbocycles. The van der Waals surface area contributed by atoms with Gasteiger partial charge in [-0.15, -0.1) is 5.10 Å². The predicted molar refractivity (Wildman–Crippen MR) is 95.5 cm³/mol. The van der Waals surface area contributed by atoms with E-state index in [1.807, 2.05) is 29.2 Å². The standard InChI is InChI=1S/C17H20N8O2/c26-15(10-25-11-19-22-23-25)24-7-3-4-12(9-24)8-18-17(27)16-13-5-1-2-6-14(13)20-21-16/h1-2,5-6,11-12H,3-4,7-10H2,(H,18,27)(H,20,21). The number of likely N-dealkylation sites (tertiary alicyclic amines) is 1. The number of para-hydroxylation sites is 1. The number of aromatic nitrogens is 6. The number of benzene rings is 1. The van der Waals surface area contributed by atoms with Gasteiger partial charge in [-0.05, 0) is 35.3 Å². The Kier molecular flexibility index (Phi) is 4.77. The number of aromatic amines is 1. The molecule has 2 aromatic heterocycles. The third-order valence-corrected chi connectivity index (χ3v) is 4.80. The third kappa shape index (κ3) is 3.78. The molecule has 1 atom stereocenters. The lowest BCUT2D eigenvalue weighted by Crippen LogP contribution is -2.44. The summed E-state index contributed by atoms with van der Waals surface area (Å²) in [6, 6.07) is 7.53. The molecule has 1 aromatic carbocycles. The molecule has 10 heteroatoms. The van der Waals surface area contributed by atoms with Crippen LogP contribution in [0, 0.1) is 5.92 Å². The number of hydrogen-bond donors (Lipinski definition) is 2. The molecule has 2 amide bonds. The van der Waals surface area contributed by atoms with E-state index in [0.717, 1.165) is 30.3 Å². The average Bonchev–Trinajstić information content (AvgIpc) is 3.36. The number of tetrazole rings is 1. The van der Waals surface area contributed by atoms with Crippen molar-refractivity contribution in [3.8, 4) is 0 Å². The van der Waals surface area contributed by atoms with Gasteiger partial charge < -0.3 is 10.2 Å². The largest absolute Gasteiger partial charge is 0.350 e. The first-order chi connectivity index (χ1) is 13.2. The first-order valence-corrected chi connectivity index (χ1v) is 8.90. The fourth-order valence-electron chi connectivity index (χ4n) is 3.41. The summed E-state index contributed by atoms with van der Waals surface area (Å²) in [7, 11) is 0. The maximum absolute atomic E-state index is 12.5. The molecule has 0 saturated carbocycles. The molecule has 1 aliphatic rings. The Morgan fingerprint density at radius 1 is 1.30 bits per heavy atom. The molecule has 1 saturated heterocycles. The van der Waals surface area contributed by atoms with Crippen molar-refractivity contribution in [1.82, 2.24) is 40.6 Å². The lowest BCUT2D eigenvalue weighted by Gasteiger charge is -2.32. The number of nitrogens with one attached hydrogen (secondary N) is 2. The first-order valence-electron chi connectivity index (χ1n) is 8.90. The van der Waals surface area contributed by atoms with E-state index in [1.165, 1.54) is 11.0 Å². The maximum atomic E-state index is 12.5. The normalized spacial score (nSPS) is 17.2. The van der Waals surface area contributed by atoms with Gasteiger partial charge in [-0.25, -0.2) is 4.68 Å². The van der Waals surface area contributed by atoms with Crippen LogP contribution < -0.4 is 5.32 Å². The Balaban J connectivity index is 1.32. The third-order valence-electron chi connectivity index (χ3n) is 4.80. The molecule has 27 heavy (non-hydrogen) atoms. The van der Waals surface area contributed by atoms with Crippen molar-refractivity contribution in [2.45, 2.75) is 19.4 Å². The Hall–Kier alpha value is -3.30. The molecule has 3 aromatic rings. The van der Waals surface area contributed by atoms with Crippen LogP contribution in [-0.4, -0.2) is 66.8 Å². The molecule has 1 aliphatic heterocycles. The van der Waals surface area contributed by atoms with Crippen molar-refractivity contribution in [1.29, 1.82) is 0 Å². The number of carbonyl (C=O) groups is 2. The lowest BCUT2D eigenvalue weighted by molar-refractivity contribution is -0.133. The van der Waals surface area contributed by atoms with Crippen LogP contribution in [0.4, 0.5) is 0 Å². The molecule has 1 fully saturated rings. The van der Waals surface area contributed by atoms with Gasteiger partial charge in [0.1, 0.15) is 12.9 Å². The number of amides is 2. The number of rotatable bonds is 5. The van der Waals surface area contributed by atoms with Crippen LogP contribution in [0.2, 0.25) is 0 Å². The number of hydrogen-bond acceptors (Lipinski definition) is 6. The molecule has 140 valence electrons. The van der Waals surface area contributed by atoms with Gasteiger partial charge in [0.05, 0.1) is 5.52 Å². The van der Waals surface area contributed by atoms with E-state index in [0.29, 0.717) is 18.8 Å². The van der Waals surface area contributed by atoms with Crippen LogP contribution >= 0.6 is 0 Å². The number of carbonyl (C=O) groups excluding carboxylic acids is 2. The maximum Gasteiger partial charge on any atom is 0.272 e. The monoisotopic (exact) mass is 368 g/mol. The van der Waals surface area contributed by atoms with Gasteiger partial charge in [0, 0.05) is 25.0 Å². The van der Waals surface area contributed by atoms with E-state index < -0.39 is 0 Å². The van der Waals surface area contributed by atoms with Crippen LogP contribution in [0.15, 0.2) is 30.6 Å². The minimum atomic E-state index is -0.204. The second-order valence-corrected chi connectivity index (χ2v) is 6.68. The second kappa shape index (κ2) is 7.52. The zero-order valence-corrected chi connectivity index (χ0v) is 14.7. The highest BCUT2D eigenvalue weighted by molar-refractivity contribution is 6.04. The quantitative estimate of drug-likeness (QED) is 0.664. The molecule has 2 N–H and O–H groups in total. The Morgan fingerprint density at radius 2 is 2.19 bits per heavy atom. The average molecular weight is 368 g/mol. The highest BCUT2D eigenvalue weighted by Crippen LogP contribution is 2.18. The molecule has 0 bridgehead atoms. The van der Waals surface area contributed by atoms with E-state index >= 15 is 0 Å². The molecular weight excluding hydrogens is 348 g/mol. The minimum Gasteiger partial charge on any atom is -0.350 e. The number of fused-ring (bicyclic) bond motifs is 1. The summed E-state index contributed by atoms with van der Waals surface area (Å²) in [4.78, 5) is 26.7. The Labute approximate surface area is 154 Å². The Bertz CT molecular complexity index is 935. The summed E-state index contributed by atoms with van der Waals surface area (Å²) in [5.41, 5.74) is 1.23. The first kappa shape index (κ1) is 17.1. The molecule has 0 spiro atoms. The fourth-order valence-corrected chi connectivity index (χ4v) is 3.41. The fraction of sp³-hybridized carbons (Fsp3) is 0.412. The highest BCUT2D eigenvalue weighted by Gasteiger charge is 2.25. The van der Waals surface area contributed by atoms with Crippen molar-refractivity contribution in [3.05, 3.63) is 36.3 Å². The summed E-state index contributed by atoms with van der Waals surface area (Å²) in [5, 5.41) is 21.5. The van der Waals surface area contributed by atoms with E-state index in [1.54, 1.807) is 0 Å². The summed E-state index contributed by atoms with van der Waals surface area (Å²) < 4.78 is 1.41.